The highest BCUT2D eigenvalue weighted by molar-refractivity contribution is 5.58. The number of rotatable bonds is 4. The largest absolute Gasteiger partial charge is 0.490 e. The average Bonchev–Trinajstić information content (AvgIpc) is 3.01. The Morgan fingerprint density at radius 3 is 2.75 bits per heavy atom. The van der Waals surface area contributed by atoms with Crippen molar-refractivity contribution in [2.24, 2.45) is 5.92 Å². The van der Waals surface area contributed by atoms with E-state index in [0.717, 1.165) is 26.1 Å². The van der Waals surface area contributed by atoms with Crippen molar-refractivity contribution in [2.75, 3.05) is 19.8 Å². The SMILES string of the molecule is Fc1cc(-c2ccco2)ccc1OCC1CCOCC1. The summed E-state index contributed by atoms with van der Waals surface area (Å²) in [7, 11) is 0. The van der Waals surface area contributed by atoms with Crippen LogP contribution < -0.4 is 4.74 Å². The van der Waals surface area contributed by atoms with Crippen molar-refractivity contribution in [3.63, 3.8) is 0 Å². The van der Waals surface area contributed by atoms with Gasteiger partial charge >= 0.3 is 0 Å². The Balaban J connectivity index is 1.65. The molecule has 20 heavy (non-hydrogen) atoms. The minimum Gasteiger partial charge on any atom is -0.490 e. The van der Waals surface area contributed by atoms with Crippen molar-refractivity contribution in [1.82, 2.24) is 0 Å². The predicted octanol–water partition coefficient (Wildman–Crippen LogP) is 3.89. The Bertz CT molecular complexity index is 545. The quantitative estimate of drug-likeness (QED) is 0.849. The number of halogens is 1. The second-order valence-electron chi connectivity index (χ2n) is 4.99. The van der Waals surface area contributed by atoms with Gasteiger partial charge in [-0.25, -0.2) is 4.39 Å². The first kappa shape index (κ1) is 13.2. The molecule has 1 fully saturated rings. The highest BCUT2D eigenvalue weighted by Gasteiger charge is 2.15. The zero-order valence-electron chi connectivity index (χ0n) is 11.2. The summed E-state index contributed by atoms with van der Waals surface area (Å²) in [5, 5.41) is 0. The van der Waals surface area contributed by atoms with Gasteiger partial charge in [-0.1, -0.05) is 0 Å². The number of hydrogen-bond acceptors (Lipinski definition) is 3. The summed E-state index contributed by atoms with van der Waals surface area (Å²) in [4.78, 5) is 0. The highest BCUT2D eigenvalue weighted by atomic mass is 19.1. The van der Waals surface area contributed by atoms with Gasteiger partial charge in [-0.05, 0) is 49.1 Å². The zero-order chi connectivity index (χ0) is 13.8. The molecule has 0 bridgehead atoms. The van der Waals surface area contributed by atoms with Crippen LogP contribution in [0.2, 0.25) is 0 Å². The molecule has 2 aromatic rings. The van der Waals surface area contributed by atoms with Crippen LogP contribution in [0.3, 0.4) is 0 Å². The van der Waals surface area contributed by atoms with Crippen LogP contribution in [0.25, 0.3) is 11.3 Å². The lowest BCUT2D eigenvalue weighted by atomic mass is 10.0. The van der Waals surface area contributed by atoms with Crippen LogP contribution in [0.5, 0.6) is 5.75 Å². The summed E-state index contributed by atoms with van der Waals surface area (Å²) in [6.45, 7) is 2.09. The van der Waals surface area contributed by atoms with Crippen LogP contribution in [0.4, 0.5) is 4.39 Å². The molecule has 3 rings (SSSR count). The fourth-order valence-electron chi connectivity index (χ4n) is 2.33. The number of ether oxygens (including phenoxy) is 2. The minimum atomic E-state index is -0.356. The molecule has 0 unspecified atom stereocenters. The van der Waals surface area contributed by atoms with Gasteiger partial charge in [0.1, 0.15) is 5.76 Å². The summed E-state index contributed by atoms with van der Waals surface area (Å²) >= 11 is 0. The normalized spacial score (nSPS) is 16.2. The molecule has 0 aliphatic carbocycles. The van der Waals surface area contributed by atoms with Crippen LogP contribution in [0.15, 0.2) is 41.0 Å². The van der Waals surface area contributed by atoms with Gasteiger partial charge in [-0.3, -0.25) is 0 Å². The Kier molecular flexibility index (Phi) is 4.02. The Labute approximate surface area is 117 Å². The van der Waals surface area contributed by atoms with Gasteiger partial charge in [0.2, 0.25) is 0 Å². The van der Waals surface area contributed by atoms with E-state index in [2.05, 4.69) is 0 Å². The third-order valence-electron chi connectivity index (χ3n) is 3.55. The Hall–Kier alpha value is -1.81. The summed E-state index contributed by atoms with van der Waals surface area (Å²) < 4.78 is 30.1. The van der Waals surface area contributed by atoms with E-state index in [4.69, 9.17) is 13.9 Å². The van der Waals surface area contributed by atoms with E-state index in [9.17, 15) is 4.39 Å². The lowest BCUT2D eigenvalue weighted by Gasteiger charge is -2.22. The fraction of sp³-hybridized carbons (Fsp3) is 0.375. The van der Waals surface area contributed by atoms with E-state index in [1.807, 2.05) is 0 Å². The van der Waals surface area contributed by atoms with Gasteiger partial charge in [0, 0.05) is 18.8 Å². The van der Waals surface area contributed by atoms with Gasteiger partial charge in [-0.2, -0.15) is 0 Å². The van der Waals surface area contributed by atoms with Crippen LogP contribution in [-0.4, -0.2) is 19.8 Å². The molecule has 1 saturated heterocycles. The predicted molar refractivity (Wildman–Crippen MR) is 73.1 cm³/mol. The van der Waals surface area contributed by atoms with E-state index < -0.39 is 0 Å². The second-order valence-corrected chi connectivity index (χ2v) is 4.99. The van der Waals surface area contributed by atoms with E-state index >= 15 is 0 Å². The van der Waals surface area contributed by atoms with Gasteiger partial charge < -0.3 is 13.9 Å². The van der Waals surface area contributed by atoms with Crippen LogP contribution in [-0.2, 0) is 4.74 Å². The third-order valence-corrected chi connectivity index (χ3v) is 3.55. The molecular formula is C16H17FO3. The molecule has 0 spiro atoms. The Morgan fingerprint density at radius 1 is 1.20 bits per heavy atom. The van der Waals surface area contributed by atoms with Crippen molar-refractivity contribution in [3.8, 4) is 17.1 Å². The van der Waals surface area contributed by atoms with Crippen molar-refractivity contribution < 1.29 is 18.3 Å². The molecule has 1 aliphatic rings. The molecule has 2 heterocycles. The standard InChI is InChI=1S/C16H17FO3/c17-14-10-13(15-2-1-7-19-15)3-4-16(14)20-11-12-5-8-18-9-6-12/h1-4,7,10,12H,5-6,8-9,11H2. The van der Waals surface area contributed by atoms with Crippen molar-refractivity contribution in [2.45, 2.75) is 12.8 Å². The lowest BCUT2D eigenvalue weighted by molar-refractivity contribution is 0.0491. The molecule has 3 nitrogen and oxygen atoms in total. The molecule has 106 valence electrons. The maximum atomic E-state index is 14.0. The Morgan fingerprint density at radius 2 is 2.05 bits per heavy atom. The van der Waals surface area contributed by atoms with E-state index in [-0.39, 0.29) is 5.82 Å². The number of furan rings is 1. The minimum absolute atomic E-state index is 0.298. The number of hydrogen-bond donors (Lipinski definition) is 0. The monoisotopic (exact) mass is 276 g/mol. The van der Waals surface area contributed by atoms with Crippen LogP contribution in [0, 0.1) is 11.7 Å². The molecular weight excluding hydrogens is 259 g/mol. The molecule has 1 aromatic carbocycles. The van der Waals surface area contributed by atoms with Crippen molar-refractivity contribution in [3.05, 3.63) is 42.4 Å². The maximum Gasteiger partial charge on any atom is 0.165 e. The first-order valence-electron chi connectivity index (χ1n) is 6.87. The molecule has 0 saturated carbocycles. The number of benzene rings is 1. The maximum absolute atomic E-state index is 14.0. The summed E-state index contributed by atoms with van der Waals surface area (Å²) in [5.74, 6) is 1.05. The fourth-order valence-corrected chi connectivity index (χ4v) is 2.33. The van der Waals surface area contributed by atoms with E-state index in [0.29, 0.717) is 29.6 Å². The molecule has 4 heteroatoms. The molecule has 1 aromatic heterocycles. The summed E-state index contributed by atoms with van der Waals surface area (Å²) in [5.41, 5.74) is 0.714. The summed E-state index contributed by atoms with van der Waals surface area (Å²) in [6, 6.07) is 8.49. The smallest absolute Gasteiger partial charge is 0.165 e. The van der Waals surface area contributed by atoms with E-state index in [1.165, 1.54) is 6.07 Å². The second kappa shape index (κ2) is 6.09. The molecule has 0 radical (unpaired) electrons. The topological polar surface area (TPSA) is 31.6 Å². The van der Waals surface area contributed by atoms with Gasteiger partial charge in [-0.15, -0.1) is 0 Å². The van der Waals surface area contributed by atoms with Gasteiger partial charge in [0.25, 0.3) is 0 Å². The summed E-state index contributed by atoms with van der Waals surface area (Å²) in [6.07, 6.45) is 3.53. The molecule has 1 aliphatic heterocycles. The molecule has 0 amide bonds. The molecule has 0 atom stereocenters. The van der Waals surface area contributed by atoms with Gasteiger partial charge in [0.05, 0.1) is 12.9 Å². The zero-order valence-corrected chi connectivity index (χ0v) is 11.2. The van der Waals surface area contributed by atoms with Crippen LogP contribution >= 0.6 is 0 Å². The van der Waals surface area contributed by atoms with Crippen molar-refractivity contribution in [1.29, 1.82) is 0 Å². The first-order valence-corrected chi connectivity index (χ1v) is 6.87. The van der Waals surface area contributed by atoms with Crippen LogP contribution in [0.1, 0.15) is 12.8 Å². The van der Waals surface area contributed by atoms with E-state index in [1.54, 1.807) is 30.5 Å². The highest BCUT2D eigenvalue weighted by Crippen LogP contribution is 2.27. The first-order chi connectivity index (χ1) is 9.83. The third kappa shape index (κ3) is 3.02. The lowest BCUT2D eigenvalue weighted by Crippen LogP contribution is -2.21. The van der Waals surface area contributed by atoms with Gasteiger partial charge in [0.15, 0.2) is 11.6 Å². The average molecular weight is 276 g/mol. The molecule has 0 N–H and O–H groups in total. The van der Waals surface area contributed by atoms with Crippen molar-refractivity contribution >= 4 is 0 Å².